The van der Waals surface area contributed by atoms with Gasteiger partial charge in [0.2, 0.25) is 0 Å². The van der Waals surface area contributed by atoms with Gasteiger partial charge in [0.1, 0.15) is 29.1 Å². The molecule has 3 aliphatic rings. The van der Waals surface area contributed by atoms with E-state index in [0.29, 0.717) is 5.92 Å². The van der Waals surface area contributed by atoms with E-state index in [1.54, 1.807) is 0 Å². The van der Waals surface area contributed by atoms with Crippen molar-refractivity contribution < 1.29 is 30.0 Å². The Morgan fingerprint density at radius 2 is 1.91 bits per heavy atom. The average Bonchev–Trinajstić information content (AvgIpc) is 2.77. The number of fused-ring (bicyclic) bond motifs is 1. The van der Waals surface area contributed by atoms with Crippen molar-refractivity contribution in [3.63, 3.8) is 0 Å². The summed E-state index contributed by atoms with van der Waals surface area (Å²) in [5, 5.41) is 43.4. The molecule has 2 saturated carbocycles. The first-order valence-corrected chi connectivity index (χ1v) is 11.9. The fourth-order valence-electron chi connectivity index (χ4n) is 6.36. The fraction of sp³-hybridized carbons (Fsp3) is 0.680. The van der Waals surface area contributed by atoms with Crippen LogP contribution >= 0.6 is 0 Å². The van der Waals surface area contributed by atoms with Crippen LogP contribution in [0.5, 0.6) is 5.75 Å². The number of hydrogen-bond acceptors (Lipinski definition) is 7. The number of aromatic hydroxyl groups is 1. The first kappa shape index (κ1) is 24.1. The number of methoxy groups -OCH3 is 1. The molecule has 0 aromatic carbocycles. The molecule has 3 aliphatic carbocycles. The number of nitrogens with one attached hydrogen (secondary N) is 1. The number of aromatic nitrogens is 1. The molecule has 0 bridgehead atoms. The van der Waals surface area contributed by atoms with Crippen molar-refractivity contribution in [1.82, 2.24) is 4.98 Å². The van der Waals surface area contributed by atoms with Crippen molar-refractivity contribution in [3.05, 3.63) is 39.8 Å². The third-order valence-electron chi connectivity index (χ3n) is 8.26. The molecule has 0 aliphatic heterocycles. The topological polar surface area (TPSA) is 140 Å². The number of carbonyl (C=O) groups is 1. The van der Waals surface area contributed by atoms with Crippen molar-refractivity contribution in [2.45, 2.75) is 69.9 Å². The minimum absolute atomic E-state index is 0.0758. The number of pyridine rings is 1. The lowest BCUT2D eigenvalue weighted by atomic mass is 9.61. The SMILES string of the molecule is CO[C@@H]1[C@@H](O)CC[C@@](O)(c2c[nH]c(=O)c(C(=O)[C@@H]3[C@H]4CC[C@H](C)C[C@@H]4C=C[C@@H]3C)c2O)[C@H]1O. The molecule has 1 aromatic heterocycles. The first-order chi connectivity index (χ1) is 15.6. The molecule has 182 valence electrons. The summed E-state index contributed by atoms with van der Waals surface area (Å²) in [4.78, 5) is 29.0. The Morgan fingerprint density at radius 3 is 2.61 bits per heavy atom. The van der Waals surface area contributed by atoms with Gasteiger partial charge in [-0.05, 0) is 49.4 Å². The van der Waals surface area contributed by atoms with Crippen LogP contribution in [0.4, 0.5) is 0 Å². The normalized spacial score (nSPS) is 40.9. The van der Waals surface area contributed by atoms with E-state index >= 15 is 0 Å². The van der Waals surface area contributed by atoms with E-state index in [-0.39, 0.29) is 41.7 Å². The molecule has 1 heterocycles. The van der Waals surface area contributed by atoms with Crippen LogP contribution in [0.1, 0.15) is 61.9 Å². The van der Waals surface area contributed by atoms with Gasteiger partial charge in [-0.1, -0.05) is 32.4 Å². The van der Waals surface area contributed by atoms with Gasteiger partial charge in [-0.15, -0.1) is 0 Å². The molecule has 9 atom stereocenters. The Labute approximate surface area is 193 Å². The molecule has 8 nitrogen and oxygen atoms in total. The molecule has 2 fully saturated rings. The number of ether oxygens (including phenoxy) is 1. The molecule has 0 spiro atoms. The van der Waals surface area contributed by atoms with Gasteiger partial charge in [-0.3, -0.25) is 9.59 Å². The summed E-state index contributed by atoms with van der Waals surface area (Å²) in [6, 6.07) is 0. The molecule has 0 radical (unpaired) electrons. The summed E-state index contributed by atoms with van der Waals surface area (Å²) < 4.78 is 5.16. The Balaban J connectivity index is 1.74. The summed E-state index contributed by atoms with van der Waals surface area (Å²) >= 11 is 0. The molecule has 0 saturated heterocycles. The van der Waals surface area contributed by atoms with Crippen molar-refractivity contribution in [1.29, 1.82) is 0 Å². The largest absolute Gasteiger partial charge is 0.507 e. The van der Waals surface area contributed by atoms with Gasteiger partial charge in [0.15, 0.2) is 5.78 Å². The van der Waals surface area contributed by atoms with Gasteiger partial charge in [0, 0.05) is 24.8 Å². The molecule has 33 heavy (non-hydrogen) atoms. The van der Waals surface area contributed by atoms with E-state index in [9.17, 15) is 30.0 Å². The number of carbonyl (C=O) groups excluding carboxylic acids is 1. The quantitative estimate of drug-likeness (QED) is 0.340. The number of ketones is 1. The van der Waals surface area contributed by atoms with Crippen molar-refractivity contribution in [3.8, 4) is 5.75 Å². The molecular formula is C25H35NO7. The van der Waals surface area contributed by atoms with Crippen LogP contribution in [0.25, 0.3) is 0 Å². The van der Waals surface area contributed by atoms with Crippen LogP contribution in [-0.2, 0) is 10.3 Å². The molecule has 1 aromatic rings. The Bertz CT molecular complexity index is 987. The lowest BCUT2D eigenvalue weighted by Crippen LogP contribution is -2.56. The second kappa shape index (κ2) is 8.98. The molecule has 5 N–H and O–H groups in total. The number of H-pyrrole nitrogens is 1. The molecular weight excluding hydrogens is 426 g/mol. The molecule has 0 unspecified atom stereocenters. The van der Waals surface area contributed by atoms with Crippen LogP contribution in [-0.4, -0.2) is 56.6 Å². The van der Waals surface area contributed by atoms with Crippen LogP contribution < -0.4 is 5.56 Å². The van der Waals surface area contributed by atoms with Gasteiger partial charge in [0.25, 0.3) is 5.56 Å². The summed E-state index contributed by atoms with van der Waals surface area (Å²) in [6.45, 7) is 4.16. The second-order valence-corrected chi connectivity index (χ2v) is 10.3. The molecule has 4 rings (SSSR count). The van der Waals surface area contributed by atoms with Crippen LogP contribution in [0.2, 0.25) is 0 Å². The van der Waals surface area contributed by atoms with Crippen LogP contribution in [0.15, 0.2) is 23.1 Å². The minimum atomic E-state index is -2.00. The fourth-order valence-corrected chi connectivity index (χ4v) is 6.36. The highest BCUT2D eigenvalue weighted by Crippen LogP contribution is 2.47. The number of allylic oxidation sites excluding steroid dienone is 2. The van der Waals surface area contributed by atoms with Crippen molar-refractivity contribution >= 4 is 5.78 Å². The van der Waals surface area contributed by atoms with Crippen LogP contribution in [0.3, 0.4) is 0 Å². The van der Waals surface area contributed by atoms with Gasteiger partial charge in [-0.2, -0.15) is 0 Å². The predicted octanol–water partition coefficient (Wildman–Crippen LogP) is 1.86. The monoisotopic (exact) mass is 461 g/mol. The van der Waals surface area contributed by atoms with E-state index in [0.717, 1.165) is 25.5 Å². The maximum Gasteiger partial charge on any atom is 0.262 e. The third-order valence-corrected chi connectivity index (χ3v) is 8.26. The first-order valence-electron chi connectivity index (χ1n) is 11.9. The highest BCUT2D eigenvalue weighted by molar-refractivity contribution is 6.00. The van der Waals surface area contributed by atoms with E-state index in [1.807, 2.05) is 13.0 Å². The Morgan fingerprint density at radius 1 is 1.18 bits per heavy atom. The standard InChI is InChI=1S/C25H35NO7/c1-12-4-7-15-14(10-12)6-5-13(2)18(15)21(29)19-20(28)16(11-26-24(19)31)25(32)9-8-17(27)22(33-3)23(25)30/h5-6,11-15,17-18,22-23,27,30,32H,4,7-10H2,1-3H3,(H2,26,28,31)/t12-,13-,14-,15-,17-,18-,22+,23-,25+/m0/s1. The summed E-state index contributed by atoms with van der Waals surface area (Å²) in [5.41, 5.74) is -3.23. The zero-order valence-corrected chi connectivity index (χ0v) is 19.4. The molecule has 8 heteroatoms. The van der Waals surface area contributed by atoms with Gasteiger partial charge in [-0.25, -0.2) is 0 Å². The van der Waals surface area contributed by atoms with Gasteiger partial charge in [0.05, 0.1) is 6.10 Å². The number of aromatic amines is 1. The lowest BCUT2D eigenvalue weighted by molar-refractivity contribution is -0.199. The minimum Gasteiger partial charge on any atom is -0.507 e. The average molecular weight is 462 g/mol. The number of aliphatic hydroxyl groups excluding tert-OH is 2. The second-order valence-electron chi connectivity index (χ2n) is 10.3. The zero-order valence-electron chi connectivity index (χ0n) is 19.4. The van der Waals surface area contributed by atoms with Gasteiger partial charge < -0.3 is 30.1 Å². The van der Waals surface area contributed by atoms with E-state index < -0.39 is 46.9 Å². The number of Topliss-reactive ketones (excluding diaryl/α,β-unsaturated/α-hetero) is 1. The van der Waals surface area contributed by atoms with Crippen LogP contribution in [0, 0.1) is 29.6 Å². The lowest BCUT2D eigenvalue weighted by Gasteiger charge is -2.44. The number of hydrogen-bond donors (Lipinski definition) is 5. The smallest absolute Gasteiger partial charge is 0.262 e. The summed E-state index contributed by atoms with van der Waals surface area (Å²) in [7, 11) is 1.31. The zero-order chi connectivity index (χ0) is 24.1. The summed E-state index contributed by atoms with van der Waals surface area (Å²) in [6.07, 6.45) is 4.64. The Kier molecular flexibility index (Phi) is 6.57. The maximum absolute atomic E-state index is 13.8. The van der Waals surface area contributed by atoms with Crippen molar-refractivity contribution in [2.24, 2.45) is 29.6 Å². The van der Waals surface area contributed by atoms with Gasteiger partial charge >= 0.3 is 0 Å². The number of aliphatic hydroxyl groups is 3. The third kappa shape index (κ3) is 3.97. The predicted molar refractivity (Wildman–Crippen MR) is 121 cm³/mol. The summed E-state index contributed by atoms with van der Waals surface area (Å²) in [5.74, 6) is -0.663. The number of rotatable bonds is 4. The highest BCUT2D eigenvalue weighted by Gasteiger charge is 2.51. The molecule has 0 amide bonds. The van der Waals surface area contributed by atoms with E-state index in [2.05, 4.69) is 18.0 Å². The van der Waals surface area contributed by atoms with E-state index in [1.165, 1.54) is 7.11 Å². The highest BCUT2D eigenvalue weighted by atomic mass is 16.5. The van der Waals surface area contributed by atoms with E-state index in [4.69, 9.17) is 4.74 Å². The Hall–Kier alpha value is -2.00. The van der Waals surface area contributed by atoms with Crippen molar-refractivity contribution in [2.75, 3.05) is 7.11 Å². The maximum atomic E-state index is 13.8.